The average Bonchev–Trinajstić information content (AvgIpc) is 2.87. The summed E-state index contributed by atoms with van der Waals surface area (Å²) in [4.78, 5) is 28.5. The average molecular weight is 460 g/mol. The van der Waals surface area contributed by atoms with Crippen LogP contribution >= 0.6 is 0 Å². The van der Waals surface area contributed by atoms with Gasteiger partial charge in [-0.2, -0.15) is 0 Å². The van der Waals surface area contributed by atoms with Crippen molar-refractivity contribution in [1.29, 1.82) is 0 Å². The van der Waals surface area contributed by atoms with Gasteiger partial charge in [-0.15, -0.1) is 0 Å². The molecule has 0 saturated heterocycles. The fraction of sp³-hybridized carbons (Fsp3) is 0.250. The van der Waals surface area contributed by atoms with E-state index in [1.54, 1.807) is 73.8 Å². The first-order valence-corrected chi connectivity index (χ1v) is 11.5. The summed E-state index contributed by atoms with van der Waals surface area (Å²) < 4.78 is 16.1. The first-order valence-electron chi connectivity index (χ1n) is 11.5. The molecule has 6 heteroatoms. The van der Waals surface area contributed by atoms with E-state index in [-0.39, 0.29) is 5.97 Å². The van der Waals surface area contributed by atoms with E-state index < -0.39 is 5.97 Å². The van der Waals surface area contributed by atoms with Crippen LogP contribution in [0.15, 0.2) is 77.8 Å². The number of esters is 2. The van der Waals surface area contributed by atoms with Crippen molar-refractivity contribution in [3.63, 3.8) is 0 Å². The van der Waals surface area contributed by atoms with Crippen molar-refractivity contribution in [2.45, 2.75) is 33.1 Å². The Morgan fingerprint density at radius 1 is 0.765 bits per heavy atom. The van der Waals surface area contributed by atoms with Gasteiger partial charge in [0.2, 0.25) is 0 Å². The molecule has 6 nitrogen and oxygen atoms in total. The van der Waals surface area contributed by atoms with Crippen molar-refractivity contribution in [3.05, 3.63) is 89.5 Å². The molecule has 0 atom stereocenters. The molecule has 0 fully saturated rings. The molecule has 0 heterocycles. The van der Waals surface area contributed by atoms with Crippen molar-refractivity contribution in [2.75, 3.05) is 13.2 Å². The van der Waals surface area contributed by atoms with E-state index >= 15 is 0 Å². The smallest absolute Gasteiger partial charge is 0.343 e. The Morgan fingerprint density at radius 2 is 1.38 bits per heavy atom. The number of rotatable bonds is 11. The summed E-state index contributed by atoms with van der Waals surface area (Å²) in [7, 11) is 0. The van der Waals surface area contributed by atoms with Gasteiger partial charge in [0.1, 0.15) is 11.5 Å². The number of aliphatic imine (C=N–C) groups is 1. The normalized spacial score (nSPS) is 10.8. The second-order valence-corrected chi connectivity index (χ2v) is 7.56. The monoisotopic (exact) mass is 459 g/mol. The summed E-state index contributed by atoms with van der Waals surface area (Å²) in [5, 5.41) is 0. The number of nitrogens with zero attached hydrogens (tertiary/aromatic N) is 1. The maximum Gasteiger partial charge on any atom is 0.343 e. The molecule has 3 aromatic rings. The Balaban J connectivity index is 1.52. The first kappa shape index (κ1) is 24.7. The summed E-state index contributed by atoms with van der Waals surface area (Å²) in [6.07, 6.45) is 5.00. The Morgan fingerprint density at radius 3 is 2.03 bits per heavy atom. The molecule has 0 radical (unpaired) electrons. The molecule has 0 bridgehead atoms. The lowest BCUT2D eigenvalue weighted by Gasteiger charge is -2.07. The minimum Gasteiger partial charge on any atom is -0.494 e. The molecule has 3 aromatic carbocycles. The van der Waals surface area contributed by atoms with Gasteiger partial charge < -0.3 is 14.2 Å². The van der Waals surface area contributed by atoms with Crippen LogP contribution in [0, 0.1) is 0 Å². The number of benzene rings is 3. The van der Waals surface area contributed by atoms with Crippen LogP contribution < -0.4 is 9.47 Å². The molecule has 0 unspecified atom stereocenters. The summed E-state index contributed by atoms with van der Waals surface area (Å²) in [5.41, 5.74) is 2.50. The highest BCUT2D eigenvalue weighted by molar-refractivity contribution is 5.91. The third-order valence-electron chi connectivity index (χ3n) is 4.94. The number of ether oxygens (including phenoxy) is 3. The van der Waals surface area contributed by atoms with Crippen molar-refractivity contribution in [2.24, 2.45) is 4.99 Å². The van der Waals surface area contributed by atoms with Gasteiger partial charge in [0.05, 0.1) is 30.0 Å². The third-order valence-corrected chi connectivity index (χ3v) is 4.94. The molecule has 0 spiro atoms. The topological polar surface area (TPSA) is 74.2 Å². The molecule has 0 amide bonds. The zero-order valence-corrected chi connectivity index (χ0v) is 19.5. The van der Waals surface area contributed by atoms with Crippen molar-refractivity contribution in [1.82, 2.24) is 0 Å². The predicted molar refractivity (Wildman–Crippen MR) is 133 cm³/mol. The SMILES string of the molecule is CCCCCOc1ccc(C(=O)Oc2ccc(C=Nc3ccc(C(=O)OCC)cc3)cc2)cc1. The molecule has 0 aromatic heterocycles. The molecule has 0 aliphatic rings. The molecule has 176 valence electrons. The fourth-order valence-corrected chi connectivity index (χ4v) is 3.06. The Kier molecular flexibility index (Phi) is 9.40. The van der Waals surface area contributed by atoms with Crippen LogP contribution in [0.2, 0.25) is 0 Å². The van der Waals surface area contributed by atoms with Crippen LogP contribution in [0.5, 0.6) is 11.5 Å². The zero-order chi connectivity index (χ0) is 24.2. The van der Waals surface area contributed by atoms with Gasteiger partial charge in [0.25, 0.3) is 0 Å². The van der Waals surface area contributed by atoms with Crippen LogP contribution in [0.4, 0.5) is 5.69 Å². The lowest BCUT2D eigenvalue weighted by Crippen LogP contribution is -2.08. The maximum atomic E-state index is 12.4. The van der Waals surface area contributed by atoms with Gasteiger partial charge in [0, 0.05) is 6.21 Å². The Labute approximate surface area is 200 Å². The van der Waals surface area contributed by atoms with Gasteiger partial charge in [-0.05, 0) is 91.7 Å². The van der Waals surface area contributed by atoms with E-state index in [1.807, 2.05) is 12.1 Å². The Bertz CT molecular complexity index is 1090. The Hall–Kier alpha value is -3.93. The molecule has 0 aliphatic heterocycles. The highest BCUT2D eigenvalue weighted by Gasteiger charge is 2.09. The second-order valence-electron chi connectivity index (χ2n) is 7.56. The molecule has 0 N–H and O–H groups in total. The summed E-state index contributed by atoms with van der Waals surface area (Å²) in [6, 6.07) is 20.9. The van der Waals surface area contributed by atoms with Crippen LogP contribution in [0.1, 0.15) is 59.4 Å². The standard InChI is InChI=1S/C28H29NO5/c1-3-5-6-19-33-25-17-11-23(12-18-25)28(31)34-26-15-7-21(8-16-26)20-29-24-13-9-22(10-14-24)27(30)32-4-2/h7-18,20H,3-6,19H2,1-2H3. The van der Waals surface area contributed by atoms with Crippen LogP contribution in [0.3, 0.4) is 0 Å². The van der Waals surface area contributed by atoms with E-state index in [1.165, 1.54) is 0 Å². The summed E-state index contributed by atoms with van der Waals surface area (Å²) in [5.74, 6) is 0.406. The first-order chi connectivity index (χ1) is 16.6. The van der Waals surface area contributed by atoms with E-state index in [4.69, 9.17) is 14.2 Å². The second kappa shape index (κ2) is 12.9. The molecule has 34 heavy (non-hydrogen) atoms. The van der Waals surface area contributed by atoms with Gasteiger partial charge in [-0.3, -0.25) is 4.99 Å². The molecular weight excluding hydrogens is 430 g/mol. The van der Waals surface area contributed by atoms with Crippen LogP contribution in [-0.4, -0.2) is 31.4 Å². The highest BCUT2D eigenvalue weighted by Crippen LogP contribution is 2.18. The highest BCUT2D eigenvalue weighted by atomic mass is 16.5. The predicted octanol–water partition coefficient (Wildman–Crippen LogP) is 6.40. The lowest BCUT2D eigenvalue weighted by atomic mass is 10.2. The minimum absolute atomic E-state index is 0.338. The zero-order valence-electron chi connectivity index (χ0n) is 19.5. The van der Waals surface area contributed by atoms with Crippen molar-refractivity contribution >= 4 is 23.8 Å². The number of carbonyl (C=O) groups is 2. The van der Waals surface area contributed by atoms with E-state index in [2.05, 4.69) is 11.9 Å². The quantitative estimate of drug-likeness (QED) is 0.143. The number of unbranched alkanes of at least 4 members (excludes halogenated alkanes) is 2. The van der Waals surface area contributed by atoms with Crippen LogP contribution in [-0.2, 0) is 4.74 Å². The van der Waals surface area contributed by atoms with Gasteiger partial charge in [0.15, 0.2) is 0 Å². The summed E-state index contributed by atoms with van der Waals surface area (Å²) >= 11 is 0. The number of hydrogen-bond donors (Lipinski definition) is 0. The van der Waals surface area contributed by atoms with Crippen molar-refractivity contribution in [3.8, 4) is 11.5 Å². The van der Waals surface area contributed by atoms with E-state index in [0.717, 1.165) is 30.6 Å². The van der Waals surface area contributed by atoms with Gasteiger partial charge >= 0.3 is 11.9 Å². The largest absolute Gasteiger partial charge is 0.494 e. The van der Waals surface area contributed by atoms with E-state index in [9.17, 15) is 9.59 Å². The molecule has 3 rings (SSSR count). The maximum absolute atomic E-state index is 12.4. The number of hydrogen-bond acceptors (Lipinski definition) is 6. The summed E-state index contributed by atoms with van der Waals surface area (Å²) in [6.45, 7) is 4.93. The van der Waals surface area contributed by atoms with Gasteiger partial charge in [-0.1, -0.05) is 19.8 Å². The van der Waals surface area contributed by atoms with Gasteiger partial charge in [-0.25, -0.2) is 9.59 Å². The fourth-order valence-electron chi connectivity index (χ4n) is 3.06. The van der Waals surface area contributed by atoms with E-state index in [0.29, 0.717) is 35.8 Å². The lowest BCUT2D eigenvalue weighted by molar-refractivity contribution is 0.0526. The molecular formula is C28H29NO5. The van der Waals surface area contributed by atoms with Crippen LogP contribution in [0.25, 0.3) is 0 Å². The number of carbonyl (C=O) groups excluding carboxylic acids is 2. The molecule has 0 aliphatic carbocycles. The third kappa shape index (κ3) is 7.59. The molecule has 0 saturated carbocycles. The minimum atomic E-state index is -0.430. The van der Waals surface area contributed by atoms with Crippen molar-refractivity contribution < 1.29 is 23.8 Å².